The molecule has 1 heterocycles. The zero-order valence-electron chi connectivity index (χ0n) is 16.2. The van der Waals surface area contributed by atoms with Crippen molar-refractivity contribution in [1.29, 1.82) is 0 Å². The Kier molecular flexibility index (Phi) is 4.82. The number of nitrogens with one attached hydrogen (secondary N) is 1. The number of benzene rings is 3. The minimum atomic E-state index is -4.38. The summed E-state index contributed by atoms with van der Waals surface area (Å²) in [6, 6.07) is 13.6. The average molecular weight is 428 g/mol. The maximum atomic E-state index is 14.6. The van der Waals surface area contributed by atoms with Crippen molar-refractivity contribution in [1.82, 2.24) is 4.31 Å². The topological polar surface area (TPSA) is 66.5 Å². The first-order valence-electron chi connectivity index (χ1n) is 9.16. The van der Waals surface area contributed by atoms with Gasteiger partial charge in [-0.15, -0.1) is 0 Å². The normalized spacial score (nSPS) is 16.2. The van der Waals surface area contributed by atoms with Crippen LogP contribution in [0.1, 0.15) is 33.2 Å². The van der Waals surface area contributed by atoms with Crippen LogP contribution in [0, 0.1) is 25.5 Å². The summed E-state index contributed by atoms with van der Waals surface area (Å²) in [5.41, 5.74) is 1.79. The number of carbonyl (C=O) groups excluding carboxylic acids is 1. The summed E-state index contributed by atoms with van der Waals surface area (Å²) in [5.74, 6) is -2.40. The lowest BCUT2D eigenvalue weighted by Crippen LogP contribution is -2.46. The molecule has 0 aromatic heterocycles. The highest BCUT2D eigenvalue weighted by atomic mass is 32.2. The molecule has 3 aromatic carbocycles. The van der Waals surface area contributed by atoms with Gasteiger partial charge in [0, 0.05) is 11.3 Å². The SMILES string of the molecule is Cc1ccc(S(=O)(=O)N2C(=O)c3cc(C)ccc3NC2c2cc(F)ccc2F)cc1. The van der Waals surface area contributed by atoms with Gasteiger partial charge in [0.15, 0.2) is 0 Å². The average Bonchev–Trinajstić information content (AvgIpc) is 2.70. The second-order valence-electron chi connectivity index (χ2n) is 7.18. The fraction of sp³-hybridized carbons (Fsp3) is 0.136. The third-order valence-corrected chi connectivity index (χ3v) is 6.73. The maximum absolute atomic E-state index is 14.6. The minimum Gasteiger partial charge on any atom is -0.360 e. The molecule has 4 rings (SSSR count). The molecule has 1 aliphatic heterocycles. The molecule has 0 radical (unpaired) electrons. The Labute approximate surface area is 173 Å². The lowest BCUT2D eigenvalue weighted by molar-refractivity contribution is 0.0819. The molecule has 8 heteroatoms. The van der Waals surface area contributed by atoms with Crippen molar-refractivity contribution in [2.24, 2.45) is 0 Å². The molecule has 3 aromatic rings. The molecule has 0 bridgehead atoms. The summed E-state index contributed by atoms with van der Waals surface area (Å²) < 4.78 is 55.9. The third kappa shape index (κ3) is 3.33. The van der Waals surface area contributed by atoms with Gasteiger partial charge in [0.25, 0.3) is 15.9 Å². The Balaban J connectivity index is 1.94. The van der Waals surface area contributed by atoms with Crippen molar-refractivity contribution in [2.75, 3.05) is 5.32 Å². The molecule has 0 saturated carbocycles. The number of hydrogen-bond donors (Lipinski definition) is 1. The summed E-state index contributed by atoms with van der Waals surface area (Å²) in [6.07, 6.45) is -1.45. The van der Waals surface area contributed by atoms with E-state index in [1.54, 1.807) is 44.2 Å². The third-order valence-electron chi connectivity index (χ3n) is 4.96. The van der Waals surface area contributed by atoms with Gasteiger partial charge < -0.3 is 5.32 Å². The van der Waals surface area contributed by atoms with Gasteiger partial charge >= 0.3 is 0 Å². The second kappa shape index (κ2) is 7.21. The quantitative estimate of drug-likeness (QED) is 0.665. The number of nitrogens with zero attached hydrogens (tertiary/aromatic N) is 1. The number of rotatable bonds is 3. The second-order valence-corrected chi connectivity index (χ2v) is 9.00. The van der Waals surface area contributed by atoms with Crippen LogP contribution in [-0.2, 0) is 10.0 Å². The minimum absolute atomic E-state index is 0.124. The van der Waals surface area contributed by atoms with E-state index in [4.69, 9.17) is 0 Å². The number of hydrogen-bond acceptors (Lipinski definition) is 4. The van der Waals surface area contributed by atoms with Gasteiger partial charge in [-0.05, 0) is 56.3 Å². The summed E-state index contributed by atoms with van der Waals surface area (Å²) in [7, 11) is -4.38. The number of sulfonamides is 1. The van der Waals surface area contributed by atoms with Gasteiger partial charge in [-0.1, -0.05) is 29.3 Å². The predicted octanol–water partition coefficient (Wildman–Crippen LogP) is 4.54. The molecule has 0 spiro atoms. The monoisotopic (exact) mass is 428 g/mol. The van der Waals surface area contributed by atoms with Gasteiger partial charge in [-0.2, -0.15) is 0 Å². The summed E-state index contributed by atoms with van der Waals surface area (Å²) >= 11 is 0. The van der Waals surface area contributed by atoms with Crippen molar-refractivity contribution in [3.8, 4) is 0 Å². The van der Waals surface area contributed by atoms with Crippen LogP contribution in [0.4, 0.5) is 14.5 Å². The molecule has 0 fully saturated rings. The number of amides is 1. The predicted molar refractivity (Wildman–Crippen MR) is 108 cm³/mol. The van der Waals surface area contributed by atoms with E-state index in [1.807, 2.05) is 0 Å². The van der Waals surface area contributed by atoms with E-state index in [-0.39, 0.29) is 16.0 Å². The van der Waals surface area contributed by atoms with Crippen molar-refractivity contribution < 1.29 is 22.0 Å². The molecule has 1 amide bonds. The molecule has 1 N–H and O–H groups in total. The van der Waals surface area contributed by atoms with Crippen LogP contribution in [0.15, 0.2) is 65.6 Å². The highest BCUT2D eigenvalue weighted by Crippen LogP contribution is 2.38. The van der Waals surface area contributed by atoms with Crippen molar-refractivity contribution in [3.05, 3.63) is 94.6 Å². The molecule has 1 atom stereocenters. The first-order valence-corrected chi connectivity index (χ1v) is 10.6. The lowest BCUT2D eigenvalue weighted by atomic mass is 10.0. The largest absolute Gasteiger partial charge is 0.360 e. The van der Waals surface area contributed by atoms with Crippen LogP contribution in [0.5, 0.6) is 0 Å². The van der Waals surface area contributed by atoms with Crippen LogP contribution >= 0.6 is 0 Å². The molecular weight excluding hydrogens is 410 g/mol. The maximum Gasteiger partial charge on any atom is 0.271 e. The van der Waals surface area contributed by atoms with Crippen LogP contribution in [-0.4, -0.2) is 18.6 Å². The van der Waals surface area contributed by atoms with Crippen LogP contribution in [0.3, 0.4) is 0 Å². The van der Waals surface area contributed by atoms with Crippen molar-refractivity contribution in [2.45, 2.75) is 24.9 Å². The Morgan fingerprint density at radius 2 is 1.57 bits per heavy atom. The fourth-order valence-electron chi connectivity index (χ4n) is 3.40. The van der Waals surface area contributed by atoms with Gasteiger partial charge in [-0.25, -0.2) is 21.5 Å². The Morgan fingerprint density at radius 3 is 2.27 bits per heavy atom. The summed E-state index contributed by atoms with van der Waals surface area (Å²) in [6.45, 7) is 3.57. The highest BCUT2D eigenvalue weighted by Gasteiger charge is 2.42. The Hall–Kier alpha value is -3.26. The molecule has 5 nitrogen and oxygen atoms in total. The summed E-state index contributed by atoms with van der Waals surface area (Å²) in [5, 5.41) is 2.90. The zero-order valence-corrected chi connectivity index (χ0v) is 17.0. The highest BCUT2D eigenvalue weighted by molar-refractivity contribution is 7.89. The number of fused-ring (bicyclic) bond motifs is 1. The molecule has 0 aliphatic carbocycles. The number of aryl methyl sites for hydroxylation is 2. The molecule has 0 saturated heterocycles. The van der Waals surface area contributed by atoms with E-state index in [9.17, 15) is 22.0 Å². The fourth-order valence-corrected chi connectivity index (χ4v) is 4.87. The first-order chi connectivity index (χ1) is 14.2. The van der Waals surface area contributed by atoms with E-state index >= 15 is 0 Å². The molecule has 154 valence electrons. The van der Waals surface area contributed by atoms with Gasteiger partial charge in [-0.3, -0.25) is 4.79 Å². The lowest BCUT2D eigenvalue weighted by Gasteiger charge is -2.37. The number of anilines is 1. The summed E-state index contributed by atoms with van der Waals surface area (Å²) in [4.78, 5) is 13.2. The molecule has 1 unspecified atom stereocenters. The standard InChI is InChI=1S/C22H18F2N2O3S/c1-13-3-7-16(8-4-13)30(28,29)26-21(17-12-15(23)6-9-19(17)24)25-20-10-5-14(2)11-18(20)22(26)27/h3-12,21,25H,1-2H3. The van der Waals surface area contributed by atoms with E-state index in [0.717, 1.165) is 29.3 Å². The van der Waals surface area contributed by atoms with E-state index in [1.165, 1.54) is 12.1 Å². The van der Waals surface area contributed by atoms with Crippen LogP contribution < -0.4 is 5.32 Å². The molecule has 1 aliphatic rings. The van der Waals surface area contributed by atoms with Crippen molar-refractivity contribution in [3.63, 3.8) is 0 Å². The Morgan fingerprint density at radius 1 is 0.900 bits per heavy atom. The van der Waals surface area contributed by atoms with Gasteiger partial charge in [0.2, 0.25) is 0 Å². The number of carbonyl (C=O) groups is 1. The van der Waals surface area contributed by atoms with Gasteiger partial charge in [0.1, 0.15) is 17.8 Å². The van der Waals surface area contributed by atoms with Crippen molar-refractivity contribution >= 4 is 21.6 Å². The van der Waals surface area contributed by atoms with Crippen LogP contribution in [0.2, 0.25) is 0 Å². The van der Waals surface area contributed by atoms with E-state index < -0.39 is 33.7 Å². The number of halogens is 2. The smallest absolute Gasteiger partial charge is 0.271 e. The molecule has 30 heavy (non-hydrogen) atoms. The Bertz CT molecular complexity index is 1260. The van der Waals surface area contributed by atoms with Gasteiger partial charge in [0.05, 0.1) is 10.5 Å². The molecular formula is C22H18F2N2O3S. The zero-order chi connectivity index (χ0) is 21.6. The van der Waals surface area contributed by atoms with E-state index in [2.05, 4.69) is 5.32 Å². The van der Waals surface area contributed by atoms with Crippen LogP contribution in [0.25, 0.3) is 0 Å². The first kappa shape index (κ1) is 20.0. The van der Waals surface area contributed by atoms with E-state index in [0.29, 0.717) is 9.99 Å².